The van der Waals surface area contributed by atoms with E-state index in [1.807, 2.05) is 0 Å². The molecule has 0 bridgehead atoms. The number of nitrogens with one attached hydrogen (secondary N) is 1. The minimum atomic E-state index is -3.56. The largest absolute Gasteiger partial charge is 0.310 e. The molecule has 0 fully saturated rings. The van der Waals surface area contributed by atoms with Crippen LogP contribution in [0, 0.1) is 0 Å². The van der Waals surface area contributed by atoms with Crippen LogP contribution in [0.5, 0.6) is 0 Å². The van der Waals surface area contributed by atoms with Crippen LogP contribution < -0.4 is 10.2 Å². The van der Waals surface area contributed by atoms with Gasteiger partial charge in [0.1, 0.15) is 6.04 Å². The molecule has 0 saturated carbocycles. The quantitative estimate of drug-likeness (QED) is 0.788. The predicted octanol–water partition coefficient (Wildman–Crippen LogP) is 0.942. The van der Waals surface area contributed by atoms with E-state index >= 15 is 0 Å². The number of carbonyl (C=O) groups excluding carboxylic acids is 1. The second-order valence-corrected chi connectivity index (χ2v) is 8.64. The second-order valence-electron chi connectivity index (χ2n) is 6.49. The first kappa shape index (κ1) is 21.4. The van der Waals surface area contributed by atoms with E-state index in [1.165, 1.54) is 18.4 Å². The molecule has 148 valence electrons. The molecule has 0 radical (unpaired) electrons. The molecule has 1 atom stereocenters. The third kappa shape index (κ3) is 3.86. The van der Waals surface area contributed by atoms with Gasteiger partial charge in [-0.2, -0.15) is 5.10 Å². The van der Waals surface area contributed by atoms with Crippen molar-refractivity contribution in [2.45, 2.75) is 17.4 Å². The molecule has 3 rings (SSSR count). The molecule has 8 nitrogen and oxygen atoms in total. The number of aromatic nitrogens is 2. The zero-order chi connectivity index (χ0) is 19.1. The molecule has 2 heterocycles. The monoisotopic (exact) mass is 413 g/mol. The highest BCUT2D eigenvalue weighted by Crippen LogP contribution is 2.33. The minimum Gasteiger partial charge on any atom is -0.310 e. The van der Waals surface area contributed by atoms with Crippen molar-refractivity contribution in [3.63, 3.8) is 0 Å². The average molecular weight is 414 g/mol. The number of aryl methyl sites for hydroxylation is 1. The Morgan fingerprint density at radius 3 is 2.59 bits per heavy atom. The molecule has 1 N–H and O–H groups in total. The molecular weight excluding hydrogens is 390 g/mol. The van der Waals surface area contributed by atoms with Crippen molar-refractivity contribution in [2.24, 2.45) is 7.05 Å². The van der Waals surface area contributed by atoms with Crippen LogP contribution in [0.4, 0.5) is 5.69 Å². The van der Waals surface area contributed by atoms with Gasteiger partial charge in [-0.1, -0.05) is 6.07 Å². The Kier molecular flexibility index (Phi) is 6.31. The van der Waals surface area contributed by atoms with Crippen molar-refractivity contribution in [3.8, 4) is 0 Å². The lowest BCUT2D eigenvalue weighted by Gasteiger charge is -2.23. The summed E-state index contributed by atoms with van der Waals surface area (Å²) in [5.74, 6) is -0.126. The van der Waals surface area contributed by atoms with E-state index in [0.29, 0.717) is 18.7 Å². The molecule has 1 aromatic heterocycles. The number of rotatable bonds is 5. The van der Waals surface area contributed by atoms with Crippen LogP contribution in [0.1, 0.15) is 17.2 Å². The number of anilines is 1. The number of likely N-dealkylation sites (N-methyl/N-ethyl adjacent to an activating group) is 1. The third-order valence-electron chi connectivity index (χ3n) is 4.59. The van der Waals surface area contributed by atoms with Crippen LogP contribution in [0.15, 0.2) is 35.5 Å². The number of sulfonamides is 1. The van der Waals surface area contributed by atoms with Gasteiger partial charge in [0.2, 0.25) is 15.9 Å². The number of halogens is 1. The zero-order valence-corrected chi connectivity index (χ0v) is 17.3. The van der Waals surface area contributed by atoms with Crippen molar-refractivity contribution in [3.05, 3.63) is 41.7 Å². The number of hydrogen-bond acceptors (Lipinski definition) is 5. The standard InChI is InChI=1S/C17H23N5O3S.ClH/c1-18-16(13-10-19-21(4)11-13)17(23)22-8-7-12-5-6-14(9-15(12)22)26(24,25)20(2)3;/h5-6,9-11,16,18H,7-8H2,1-4H3;1H. The fourth-order valence-corrected chi connectivity index (χ4v) is 4.06. The van der Waals surface area contributed by atoms with Crippen molar-refractivity contribution >= 4 is 34.0 Å². The van der Waals surface area contributed by atoms with E-state index in [4.69, 9.17) is 0 Å². The molecular formula is C17H24ClN5O3S. The highest BCUT2D eigenvalue weighted by Gasteiger charge is 2.32. The van der Waals surface area contributed by atoms with E-state index in [9.17, 15) is 13.2 Å². The van der Waals surface area contributed by atoms with E-state index in [1.54, 1.807) is 54.3 Å². The first-order chi connectivity index (χ1) is 12.3. The van der Waals surface area contributed by atoms with Crippen LogP contribution in [0.2, 0.25) is 0 Å². The van der Waals surface area contributed by atoms with E-state index in [0.717, 1.165) is 11.1 Å². The fourth-order valence-electron chi connectivity index (χ4n) is 3.14. The SMILES string of the molecule is CNC(C(=O)N1CCc2ccc(S(=O)(=O)N(C)C)cc21)c1cnn(C)c1.Cl. The summed E-state index contributed by atoms with van der Waals surface area (Å²) in [6.45, 7) is 0.526. The fraction of sp³-hybridized carbons (Fsp3) is 0.412. The predicted molar refractivity (Wildman–Crippen MR) is 106 cm³/mol. The van der Waals surface area contributed by atoms with Gasteiger partial charge in [-0.3, -0.25) is 9.48 Å². The molecule has 0 aliphatic carbocycles. The van der Waals surface area contributed by atoms with Crippen LogP contribution in [-0.2, 0) is 28.3 Å². The Morgan fingerprint density at radius 1 is 1.33 bits per heavy atom. The summed E-state index contributed by atoms with van der Waals surface area (Å²) in [5.41, 5.74) is 2.39. The molecule has 0 saturated heterocycles. The molecule has 1 aliphatic heterocycles. The maximum absolute atomic E-state index is 13.1. The van der Waals surface area contributed by atoms with Gasteiger partial charge in [-0.15, -0.1) is 12.4 Å². The van der Waals surface area contributed by atoms with Gasteiger partial charge in [0.25, 0.3) is 0 Å². The summed E-state index contributed by atoms with van der Waals surface area (Å²) in [5, 5.41) is 7.16. The lowest BCUT2D eigenvalue weighted by molar-refractivity contribution is -0.120. The van der Waals surface area contributed by atoms with Gasteiger partial charge in [0.05, 0.1) is 11.1 Å². The van der Waals surface area contributed by atoms with Crippen LogP contribution in [0.25, 0.3) is 0 Å². The van der Waals surface area contributed by atoms with Gasteiger partial charge in [0, 0.05) is 45.1 Å². The normalized spacial score (nSPS) is 14.8. The molecule has 0 spiro atoms. The Morgan fingerprint density at radius 2 is 2.04 bits per heavy atom. The summed E-state index contributed by atoms with van der Waals surface area (Å²) < 4.78 is 27.7. The van der Waals surface area contributed by atoms with E-state index in [-0.39, 0.29) is 23.2 Å². The molecule has 1 aliphatic rings. The number of carbonyl (C=O) groups is 1. The Bertz CT molecular complexity index is 942. The smallest absolute Gasteiger partial charge is 0.248 e. The lowest BCUT2D eigenvalue weighted by atomic mass is 10.1. The molecule has 2 aromatic rings. The highest BCUT2D eigenvalue weighted by atomic mass is 35.5. The van der Waals surface area contributed by atoms with Crippen molar-refractivity contribution in [2.75, 3.05) is 32.6 Å². The van der Waals surface area contributed by atoms with Crippen molar-refractivity contribution < 1.29 is 13.2 Å². The molecule has 1 amide bonds. The Hall–Kier alpha value is -1.94. The summed E-state index contributed by atoms with van der Waals surface area (Å²) in [7, 11) is 2.94. The highest BCUT2D eigenvalue weighted by molar-refractivity contribution is 7.89. The van der Waals surface area contributed by atoms with Gasteiger partial charge < -0.3 is 10.2 Å². The summed E-state index contributed by atoms with van der Waals surface area (Å²) in [6, 6.07) is 4.44. The van der Waals surface area contributed by atoms with E-state index < -0.39 is 16.1 Å². The summed E-state index contributed by atoms with van der Waals surface area (Å²) >= 11 is 0. The van der Waals surface area contributed by atoms with Crippen LogP contribution in [-0.4, -0.2) is 56.1 Å². The number of hydrogen-bond donors (Lipinski definition) is 1. The molecule has 10 heteroatoms. The number of benzene rings is 1. The Balaban J connectivity index is 0.00000261. The third-order valence-corrected chi connectivity index (χ3v) is 6.40. The first-order valence-corrected chi connectivity index (χ1v) is 9.72. The zero-order valence-electron chi connectivity index (χ0n) is 15.7. The maximum Gasteiger partial charge on any atom is 0.248 e. The minimum absolute atomic E-state index is 0. The summed E-state index contributed by atoms with van der Waals surface area (Å²) in [6.07, 6.45) is 4.15. The van der Waals surface area contributed by atoms with E-state index in [2.05, 4.69) is 10.4 Å². The van der Waals surface area contributed by atoms with Crippen molar-refractivity contribution in [1.82, 2.24) is 19.4 Å². The molecule has 1 aromatic carbocycles. The van der Waals surface area contributed by atoms with Gasteiger partial charge in [-0.05, 0) is 31.2 Å². The van der Waals surface area contributed by atoms with Gasteiger partial charge in [0.15, 0.2) is 0 Å². The van der Waals surface area contributed by atoms with Gasteiger partial charge in [-0.25, -0.2) is 12.7 Å². The summed E-state index contributed by atoms with van der Waals surface area (Å²) in [4.78, 5) is 14.9. The topological polar surface area (TPSA) is 87.5 Å². The lowest BCUT2D eigenvalue weighted by Crippen LogP contribution is -2.39. The van der Waals surface area contributed by atoms with Crippen LogP contribution in [0.3, 0.4) is 0 Å². The average Bonchev–Trinajstić information content (AvgIpc) is 3.21. The molecule has 1 unspecified atom stereocenters. The Labute approximate surface area is 165 Å². The molecule has 27 heavy (non-hydrogen) atoms. The number of fused-ring (bicyclic) bond motifs is 1. The second kappa shape index (κ2) is 7.97. The van der Waals surface area contributed by atoms with Gasteiger partial charge >= 0.3 is 0 Å². The first-order valence-electron chi connectivity index (χ1n) is 8.28. The maximum atomic E-state index is 13.1. The van der Waals surface area contributed by atoms with Crippen LogP contribution >= 0.6 is 12.4 Å². The van der Waals surface area contributed by atoms with Crippen molar-refractivity contribution in [1.29, 1.82) is 0 Å². The number of amides is 1. The number of nitrogens with zero attached hydrogens (tertiary/aromatic N) is 4.